The molecule has 1 unspecified atom stereocenters. The predicted molar refractivity (Wildman–Crippen MR) is 78.9 cm³/mol. The third-order valence-electron chi connectivity index (χ3n) is 5.24. The molecule has 1 aliphatic carbocycles. The van der Waals surface area contributed by atoms with Gasteiger partial charge in [0.15, 0.2) is 0 Å². The molecule has 1 atom stereocenters. The monoisotopic (exact) mass is 252 g/mol. The molecule has 0 bridgehead atoms. The van der Waals surface area contributed by atoms with Gasteiger partial charge in [0, 0.05) is 6.04 Å². The Balaban J connectivity index is 1.63. The van der Waals surface area contributed by atoms with Gasteiger partial charge in [-0.05, 0) is 70.6 Å². The van der Waals surface area contributed by atoms with Crippen LogP contribution < -0.4 is 5.32 Å². The van der Waals surface area contributed by atoms with Crippen LogP contribution in [0.3, 0.4) is 0 Å². The minimum absolute atomic E-state index is 0.728. The fraction of sp³-hybridized carbons (Fsp3) is 1.00. The Hall–Kier alpha value is -0.0800. The van der Waals surface area contributed by atoms with Gasteiger partial charge in [0.25, 0.3) is 0 Å². The Morgan fingerprint density at radius 3 is 2.33 bits per heavy atom. The van der Waals surface area contributed by atoms with Gasteiger partial charge in [0.2, 0.25) is 0 Å². The van der Waals surface area contributed by atoms with E-state index in [-0.39, 0.29) is 0 Å². The van der Waals surface area contributed by atoms with E-state index in [4.69, 9.17) is 0 Å². The summed E-state index contributed by atoms with van der Waals surface area (Å²) in [6, 6.07) is 0.728. The number of likely N-dealkylation sites (tertiary alicyclic amines) is 1. The van der Waals surface area contributed by atoms with Gasteiger partial charge in [-0.1, -0.05) is 26.2 Å². The molecule has 0 spiro atoms. The van der Waals surface area contributed by atoms with Crippen LogP contribution in [0.1, 0.15) is 58.8 Å². The van der Waals surface area contributed by atoms with E-state index >= 15 is 0 Å². The lowest BCUT2D eigenvalue weighted by molar-refractivity contribution is 0.165. The number of piperidine rings is 1. The third kappa shape index (κ3) is 4.24. The number of hydrogen-bond acceptors (Lipinski definition) is 2. The summed E-state index contributed by atoms with van der Waals surface area (Å²) in [5.41, 5.74) is 0. The van der Waals surface area contributed by atoms with E-state index in [0.29, 0.717) is 0 Å². The molecule has 1 saturated carbocycles. The van der Waals surface area contributed by atoms with Gasteiger partial charge in [-0.3, -0.25) is 0 Å². The Morgan fingerprint density at radius 1 is 1.06 bits per heavy atom. The van der Waals surface area contributed by atoms with Gasteiger partial charge in [-0.25, -0.2) is 0 Å². The fourth-order valence-electron chi connectivity index (χ4n) is 3.68. The summed E-state index contributed by atoms with van der Waals surface area (Å²) in [5, 5.41) is 3.84. The van der Waals surface area contributed by atoms with Crippen molar-refractivity contribution in [1.29, 1.82) is 0 Å². The lowest BCUT2D eigenvalue weighted by Crippen LogP contribution is -2.43. The molecule has 2 nitrogen and oxygen atoms in total. The van der Waals surface area contributed by atoms with Crippen LogP contribution in [0.2, 0.25) is 0 Å². The zero-order valence-electron chi connectivity index (χ0n) is 12.5. The molecule has 18 heavy (non-hydrogen) atoms. The highest BCUT2D eigenvalue weighted by atomic mass is 15.1. The first-order chi connectivity index (χ1) is 8.79. The molecule has 1 N–H and O–H groups in total. The SMILES string of the molecule is CCN1CCC(C(C)NCC2CCCCC2)CC1. The van der Waals surface area contributed by atoms with E-state index in [1.165, 1.54) is 71.1 Å². The standard InChI is InChI=1S/C16H32N2/c1-3-18-11-9-16(10-12-18)14(2)17-13-15-7-5-4-6-8-15/h14-17H,3-13H2,1-2H3. The van der Waals surface area contributed by atoms with E-state index in [1.807, 2.05) is 0 Å². The number of nitrogens with zero attached hydrogens (tertiary/aromatic N) is 1. The second-order valence-electron chi connectivity index (χ2n) is 6.47. The Morgan fingerprint density at radius 2 is 1.72 bits per heavy atom. The molecule has 0 aromatic carbocycles. The third-order valence-corrected chi connectivity index (χ3v) is 5.24. The number of rotatable bonds is 5. The summed E-state index contributed by atoms with van der Waals surface area (Å²) in [5.74, 6) is 1.88. The van der Waals surface area contributed by atoms with Gasteiger partial charge in [0.1, 0.15) is 0 Å². The quantitative estimate of drug-likeness (QED) is 0.808. The van der Waals surface area contributed by atoms with Gasteiger partial charge in [-0.2, -0.15) is 0 Å². The molecule has 1 saturated heterocycles. The normalized spacial score (nSPS) is 26.3. The van der Waals surface area contributed by atoms with Crippen LogP contribution in [-0.2, 0) is 0 Å². The number of hydrogen-bond donors (Lipinski definition) is 1. The van der Waals surface area contributed by atoms with Crippen molar-refractivity contribution in [2.45, 2.75) is 64.8 Å². The van der Waals surface area contributed by atoms with Crippen LogP contribution in [0.15, 0.2) is 0 Å². The number of nitrogens with one attached hydrogen (secondary N) is 1. The van der Waals surface area contributed by atoms with Gasteiger partial charge >= 0.3 is 0 Å². The van der Waals surface area contributed by atoms with Crippen molar-refractivity contribution < 1.29 is 0 Å². The van der Waals surface area contributed by atoms with Gasteiger partial charge in [-0.15, -0.1) is 0 Å². The molecule has 1 aliphatic heterocycles. The maximum Gasteiger partial charge on any atom is 0.00680 e. The van der Waals surface area contributed by atoms with Gasteiger partial charge < -0.3 is 10.2 Å². The summed E-state index contributed by atoms with van der Waals surface area (Å²) in [4.78, 5) is 2.59. The summed E-state index contributed by atoms with van der Waals surface area (Å²) in [6.07, 6.45) is 10.1. The van der Waals surface area contributed by atoms with Crippen LogP contribution in [0.4, 0.5) is 0 Å². The highest BCUT2D eigenvalue weighted by Gasteiger charge is 2.23. The fourth-order valence-corrected chi connectivity index (χ4v) is 3.68. The maximum absolute atomic E-state index is 3.84. The average molecular weight is 252 g/mol. The van der Waals surface area contributed by atoms with E-state index in [0.717, 1.165) is 17.9 Å². The molecule has 0 amide bonds. The molecule has 106 valence electrons. The highest BCUT2D eigenvalue weighted by Crippen LogP contribution is 2.24. The summed E-state index contributed by atoms with van der Waals surface area (Å²) in [7, 11) is 0. The van der Waals surface area contributed by atoms with Crippen molar-refractivity contribution in [3.8, 4) is 0 Å². The molecule has 2 fully saturated rings. The smallest absolute Gasteiger partial charge is 0.00680 e. The second kappa shape index (κ2) is 7.49. The Kier molecular flexibility index (Phi) is 5.97. The van der Waals surface area contributed by atoms with E-state index in [9.17, 15) is 0 Å². The van der Waals surface area contributed by atoms with Crippen LogP contribution in [0.25, 0.3) is 0 Å². The minimum atomic E-state index is 0.728. The largest absolute Gasteiger partial charge is 0.314 e. The summed E-state index contributed by atoms with van der Waals surface area (Å²) >= 11 is 0. The lowest BCUT2D eigenvalue weighted by Gasteiger charge is -2.35. The van der Waals surface area contributed by atoms with E-state index in [2.05, 4.69) is 24.1 Å². The first kappa shape index (κ1) is 14.3. The van der Waals surface area contributed by atoms with Crippen molar-refractivity contribution in [3.63, 3.8) is 0 Å². The zero-order chi connectivity index (χ0) is 12.8. The van der Waals surface area contributed by atoms with Crippen LogP contribution in [0.5, 0.6) is 0 Å². The first-order valence-electron chi connectivity index (χ1n) is 8.25. The maximum atomic E-state index is 3.84. The molecule has 0 aromatic heterocycles. The van der Waals surface area contributed by atoms with Crippen molar-refractivity contribution in [2.24, 2.45) is 11.8 Å². The lowest BCUT2D eigenvalue weighted by atomic mass is 9.87. The van der Waals surface area contributed by atoms with E-state index < -0.39 is 0 Å². The summed E-state index contributed by atoms with van der Waals surface area (Å²) < 4.78 is 0. The van der Waals surface area contributed by atoms with Crippen molar-refractivity contribution in [1.82, 2.24) is 10.2 Å². The molecular formula is C16H32N2. The van der Waals surface area contributed by atoms with Crippen LogP contribution in [0, 0.1) is 11.8 Å². The van der Waals surface area contributed by atoms with E-state index in [1.54, 1.807) is 0 Å². The van der Waals surface area contributed by atoms with Crippen LogP contribution in [-0.4, -0.2) is 37.1 Å². The van der Waals surface area contributed by atoms with Gasteiger partial charge in [0.05, 0.1) is 0 Å². The molecule has 0 aromatic rings. The average Bonchev–Trinajstić information content (AvgIpc) is 2.46. The second-order valence-corrected chi connectivity index (χ2v) is 6.47. The molecule has 2 aliphatic rings. The first-order valence-corrected chi connectivity index (χ1v) is 8.25. The van der Waals surface area contributed by atoms with Crippen molar-refractivity contribution >= 4 is 0 Å². The highest BCUT2D eigenvalue weighted by molar-refractivity contribution is 4.80. The minimum Gasteiger partial charge on any atom is -0.314 e. The molecule has 0 radical (unpaired) electrons. The zero-order valence-corrected chi connectivity index (χ0v) is 12.5. The molecule has 1 heterocycles. The Labute approximate surface area is 114 Å². The van der Waals surface area contributed by atoms with Crippen LogP contribution >= 0.6 is 0 Å². The molecule has 2 rings (SSSR count). The van der Waals surface area contributed by atoms with Crippen molar-refractivity contribution in [3.05, 3.63) is 0 Å². The predicted octanol–water partition coefficient (Wildman–Crippen LogP) is 3.28. The molecular weight excluding hydrogens is 220 g/mol. The van der Waals surface area contributed by atoms with Crippen molar-refractivity contribution in [2.75, 3.05) is 26.2 Å². The summed E-state index contributed by atoms with van der Waals surface area (Å²) in [6.45, 7) is 9.83. The Bertz CT molecular complexity index is 215. The molecule has 2 heteroatoms. The topological polar surface area (TPSA) is 15.3 Å².